The van der Waals surface area contributed by atoms with Crippen LogP contribution in [-0.2, 0) is 0 Å². The van der Waals surface area contributed by atoms with Crippen molar-refractivity contribution in [2.45, 2.75) is 6.92 Å². The van der Waals surface area contributed by atoms with Crippen molar-refractivity contribution in [3.05, 3.63) is 75.3 Å². The summed E-state index contributed by atoms with van der Waals surface area (Å²) in [4.78, 5) is 29.7. The van der Waals surface area contributed by atoms with Gasteiger partial charge in [0, 0.05) is 10.6 Å². The van der Waals surface area contributed by atoms with E-state index in [0.717, 1.165) is 16.9 Å². The van der Waals surface area contributed by atoms with Gasteiger partial charge >= 0.3 is 0 Å². The zero-order valence-corrected chi connectivity index (χ0v) is 20.4. The highest BCUT2D eigenvalue weighted by Crippen LogP contribution is 2.28. The average molecular weight is 502 g/mol. The van der Waals surface area contributed by atoms with Gasteiger partial charge in [0.1, 0.15) is 0 Å². The molecule has 0 aliphatic heterocycles. The van der Waals surface area contributed by atoms with Crippen LogP contribution in [0.4, 0.5) is 5.13 Å². The Hall–Kier alpha value is -3.27. The number of allylic oxidation sites excluding steroid dienone is 1. The monoisotopic (exact) mass is 501 g/mol. The lowest BCUT2D eigenvalue weighted by atomic mass is 10.1. The number of anilines is 1. The number of amides is 1. The van der Waals surface area contributed by atoms with Crippen molar-refractivity contribution in [2.75, 3.05) is 19.5 Å². The maximum absolute atomic E-state index is 12.7. The van der Waals surface area contributed by atoms with Gasteiger partial charge in [0.2, 0.25) is 0 Å². The Balaban J connectivity index is 1.65. The molecule has 1 heterocycles. The minimum Gasteiger partial charge on any atom is -0.493 e. The molecule has 0 radical (unpaired) electrons. The van der Waals surface area contributed by atoms with E-state index in [1.54, 1.807) is 63.6 Å². The summed E-state index contributed by atoms with van der Waals surface area (Å²) in [5.41, 5.74) is 1.75. The number of ketones is 1. The number of benzene rings is 2. The highest BCUT2D eigenvalue weighted by Gasteiger charge is 2.15. The molecule has 10 heteroatoms. The molecule has 2 aromatic carbocycles. The highest BCUT2D eigenvalue weighted by molar-refractivity contribution is 7.80. The average Bonchev–Trinajstić information content (AvgIpc) is 3.17. The fraction of sp³-hybridized carbons (Fsp3) is 0.130. The summed E-state index contributed by atoms with van der Waals surface area (Å²) in [6.07, 6.45) is 3.15. The van der Waals surface area contributed by atoms with Gasteiger partial charge in [0.05, 0.1) is 24.8 Å². The second-order valence-corrected chi connectivity index (χ2v) is 8.50. The lowest BCUT2D eigenvalue weighted by molar-refractivity contribution is 0.0976. The van der Waals surface area contributed by atoms with E-state index < -0.39 is 0 Å². The SMILES string of the molecule is COc1ccc(/C=C\C(=O)c2sc(NC(=S)NC(=O)c3ccc(Cl)cc3)nc2C)cc1OC. The van der Waals surface area contributed by atoms with Gasteiger partial charge < -0.3 is 14.8 Å². The molecule has 7 nitrogen and oxygen atoms in total. The van der Waals surface area contributed by atoms with E-state index in [1.165, 1.54) is 6.08 Å². The molecule has 0 bridgehead atoms. The molecule has 0 aliphatic rings. The van der Waals surface area contributed by atoms with Crippen molar-refractivity contribution < 1.29 is 19.1 Å². The molecule has 1 aromatic heterocycles. The quantitative estimate of drug-likeness (QED) is 0.263. The van der Waals surface area contributed by atoms with Crippen LogP contribution in [0.5, 0.6) is 11.5 Å². The predicted molar refractivity (Wildman–Crippen MR) is 135 cm³/mol. The van der Waals surface area contributed by atoms with E-state index in [9.17, 15) is 9.59 Å². The standard InChI is InChI=1S/C23H20ClN3O4S2/c1-13-20(17(28)10-4-14-5-11-18(30-2)19(12-14)31-3)33-23(25-13)27-22(32)26-21(29)15-6-8-16(24)9-7-15/h4-12H,1-3H3,(H2,25,26,27,29,32)/b10-4-. The van der Waals surface area contributed by atoms with Gasteiger partial charge in [-0.25, -0.2) is 4.98 Å². The number of rotatable bonds is 7. The van der Waals surface area contributed by atoms with Crippen LogP contribution < -0.4 is 20.1 Å². The van der Waals surface area contributed by atoms with Crippen LogP contribution in [0.25, 0.3) is 6.08 Å². The van der Waals surface area contributed by atoms with Crippen molar-refractivity contribution in [3.63, 3.8) is 0 Å². The molecule has 0 unspecified atom stereocenters. The molecule has 0 atom stereocenters. The largest absolute Gasteiger partial charge is 0.493 e. The van der Waals surface area contributed by atoms with E-state index in [4.69, 9.17) is 33.3 Å². The molecule has 1 amide bonds. The topological polar surface area (TPSA) is 89.6 Å². The second kappa shape index (κ2) is 11.0. The van der Waals surface area contributed by atoms with Gasteiger partial charge in [-0.1, -0.05) is 35.1 Å². The van der Waals surface area contributed by atoms with Gasteiger partial charge in [-0.15, -0.1) is 0 Å². The summed E-state index contributed by atoms with van der Waals surface area (Å²) in [6, 6.07) is 11.8. The number of ether oxygens (including phenoxy) is 2. The third kappa shape index (κ3) is 6.38. The van der Waals surface area contributed by atoms with E-state index >= 15 is 0 Å². The second-order valence-electron chi connectivity index (χ2n) is 6.66. The highest BCUT2D eigenvalue weighted by atomic mass is 35.5. The molecule has 170 valence electrons. The van der Waals surface area contributed by atoms with Crippen LogP contribution in [0, 0.1) is 6.92 Å². The van der Waals surface area contributed by atoms with Crippen LogP contribution in [0.1, 0.15) is 31.3 Å². The van der Waals surface area contributed by atoms with E-state index in [0.29, 0.717) is 37.8 Å². The Labute approximate surface area is 205 Å². The molecule has 33 heavy (non-hydrogen) atoms. The summed E-state index contributed by atoms with van der Waals surface area (Å²) in [5, 5.41) is 6.42. The fourth-order valence-electron chi connectivity index (χ4n) is 2.79. The predicted octanol–water partition coefficient (Wildman–Crippen LogP) is 5.15. The maximum atomic E-state index is 12.7. The number of aryl methyl sites for hydroxylation is 1. The van der Waals surface area contributed by atoms with Gasteiger partial charge in [-0.2, -0.15) is 0 Å². The molecule has 0 fully saturated rings. The van der Waals surface area contributed by atoms with Gasteiger partial charge in [0.15, 0.2) is 27.5 Å². The van der Waals surface area contributed by atoms with Crippen LogP contribution in [0.3, 0.4) is 0 Å². The Morgan fingerprint density at radius 1 is 1.09 bits per heavy atom. The lowest BCUT2D eigenvalue weighted by Crippen LogP contribution is -2.34. The molecule has 3 rings (SSSR count). The van der Waals surface area contributed by atoms with Crippen molar-refractivity contribution in [1.82, 2.24) is 10.3 Å². The number of carbonyl (C=O) groups excluding carboxylic acids is 2. The van der Waals surface area contributed by atoms with E-state index in [2.05, 4.69) is 15.6 Å². The molecule has 2 N–H and O–H groups in total. The Kier molecular flexibility index (Phi) is 8.16. The molecular weight excluding hydrogens is 482 g/mol. The summed E-state index contributed by atoms with van der Waals surface area (Å²) in [7, 11) is 3.11. The summed E-state index contributed by atoms with van der Waals surface area (Å²) < 4.78 is 10.5. The zero-order valence-electron chi connectivity index (χ0n) is 18.0. The maximum Gasteiger partial charge on any atom is 0.257 e. The molecule has 0 aliphatic carbocycles. The first-order valence-electron chi connectivity index (χ1n) is 9.60. The van der Waals surface area contributed by atoms with Crippen molar-refractivity contribution in [2.24, 2.45) is 0 Å². The number of thiazole rings is 1. The van der Waals surface area contributed by atoms with Crippen molar-refractivity contribution in [1.29, 1.82) is 0 Å². The van der Waals surface area contributed by atoms with Crippen LogP contribution in [0.2, 0.25) is 5.02 Å². The van der Waals surface area contributed by atoms with Gasteiger partial charge in [-0.3, -0.25) is 14.9 Å². The summed E-state index contributed by atoms with van der Waals surface area (Å²) >= 11 is 12.2. The van der Waals surface area contributed by atoms with Gasteiger partial charge in [0.25, 0.3) is 5.91 Å². The number of methoxy groups -OCH3 is 2. The lowest BCUT2D eigenvalue weighted by Gasteiger charge is -2.07. The Morgan fingerprint density at radius 2 is 1.79 bits per heavy atom. The van der Waals surface area contributed by atoms with Crippen LogP contribution >= 0.6 is 35.2 Å². The number of carbonyl (C=O) groups is 2. The molecule has 0 spiro atoms. The smallest absolute Gasteiger partial charge is 0.257 e. The Bertz CT molecular complexity index is 1220. The third-order valence-electron chi connectivity index (χ3n) is 4.41. The first kappa shape index (κ1) is 24.4. The minimum absolute atomic E-state index is 0.0727. The summed E-state index contributed by atoms with van der Waals surface area (Å²) in [6.45, 7) is 1.73. The zero-order chi connectivity index (χ0) is 24.0. The normalized spacial score (nSPS) is 10.7. The number of hydrogen-bond donors (Lipinski definition) is 2. The fourth-order valence-corrected chi connectivity index (χ4v) is 4.06. The number of aromatic nitrogens is 1. The molecule has 0 saturated heterocycles. The molecular formula is C23H20ClN3O4S2. The minimum atomic E-state index is -0.383. The van der Waals surface area contributed by atoms with Crippen molar-refractivity contribution >= 4 is 63.2 Å². The first-order chi connectivity index (χ1) is 15.8. The Morgan fingerprint density at radius 3 is 2.45 bits per heavy atom. The van der Waals surface area contributed by atoms with E-state index in [-0.39, 0.29) is 16.8 Å². The number of hydrogen-bond acceptors (Lipinski definition) is 7. The molecule has 3 aromatic rings. The molecule has 0 saturated carbocycles. The van der Waals surface area contributed by atoms with Gasteiger partial charge in [-0.05, 0) is 67.2 Å². The third-order valence-corrected chi connectivity index (χ3v) is 5.95. The number of nitrogens with one attached hydrogen (secondary N) is 2. The van der Waals surface area contributed by atoms with Crippen LogP contribution in [-0.4, -0.2) is 36.0 Å². The summed E-state index contributed by atoms with van der Waals surface area (Å²) in [5.74, 6) is 0.589. The number of thiocarbonyl (C=S) groups is 1. The van der Waals surface area contributed by atoms with Crippen molar-refractivity contribution in [3.8, 4) is 11.5 Å². The number of halogens is 1. The van der Waals surface area contributed by atoms with E-state index in [1.807, 2.05) is 6.07 Å². The first-order valence-corrected chi connectivity index (χ1v) is 11.2. The number of nitrogens with zero attached hydrogens (tertiary/aromatic N) is 1. The van der Waals surface area contributed by atoms with Crippen LogP contribution in [0.15, 0.2) is 48.5 Å².